The molecule has 5 aromatic carbocycles. The summed E-state index contributed by atoms with van der Waals surface area (Å²) in [6.45, 7) is 0. The van der Waals surface area contributed by atoms with Gasteiger partial charge in [0.05, 0.1) is 12.1 Å². The lowest BCUT2D eigenvalue weighted by Crippen LogP contribution is -2.31. The molecule has 2 heteroatoms. The summed E-state index contributed by atoms with van der Waals surface area (Å²) in [5.74, 6) is 0. The Morgan fingerprint density at radius 1 is 0.368 bits per heavy atom. The third-order valence-electron chi connectivity index (χ3n) is 7.48. The van der Waals surface area contributed by atoms with Crippen LogP contribution in [0.25, 0.3) is 0 Å². The van der Waals surface area contributed by atoms with Crippen LogP contribution in [-0.2, 0) is 23.7 Å². The third-order valence-corrected chi connectivity index (χ3v) is 7.48. The first kappa shape index (κ1) is 24.8. The van der Waals surface area contributed by atoms with Gasteiger partial charge in [-0.25, -0.2) is 0 Å². The molecule has 0 spiro atoms. The van der Waals surface area contributed by atoms with E-state index in [0.717, 1.165) is 33.4 Å². The molecule has 0 amide bonds. The van der Waals surface area contributed by atoms with Gasteiger partial charge in [-0.3, -0.25) is 0 Å². The van der Waals surface area contributed by atoms with Crippen LogP contribution in [0.4, 0.5) is 0 Å². The van der Waals surface area contributed by atoms with Crippen LogP contribution in [0.3, 0.4) is 0 Å². The predicted molar refractivity (Wildman–Crippen MR) is 152 cm³/mol. The van der Waals surface area contributed by atoms with Gasteiger partial charge in [0.25, 0.3) is 0 Å². The van der Waals surface area contributed by atoms with E-state index >= 15 is 0 Å². The molecule has 0 aromatic heterocycles. The van der Waals surface area contributed by atoms with Gasteiger partial charge in [-0.15, -0.1) is 0 Å². The summed E-state index contributed by atoms with van der Waals surface area (Å²) in [5, 5.41) is 21.5. The zero-order chi connectivity index (χ0) is 26.3. The average Bonchev–Trinajstić information content (AvgIpc) is 3.01. The highest BCUT2D eigenvalue weighted by Crippen LogP contribution is 2.40. The SMILES string of the molecule is N#CC(Cc1ccccc1CC(C#N)(c1ccccc1)c1ccccc1)(c1ccccc1)c1ccccc1. The van der Waals surface area contributed by atoms with Crippen LogP contribution >= 0.6 is 0 Å². The summed E-state index contributed by atoms with van der Waals surface area (Å²) in [6.07, 6.45) is 0.998. The van der Waals surface area contributed by atoms with Gasteiger partial charge in [-0.1, -0.05) is 146 Å². The van der Waals surface area contributed by atoms with Crippen molar-refractivity contribution >= 4 is 0 Å². The van der Waals surface area contributed by atoms with Crippen molar-refractivity contribution in [3.05, 3.63) is 179 Å². The summed E-state index contributed by atoms with van der Waals surface area (Å²) in [5.41, 5.74) is 4.23. The fourth-order valence-corrected chi connectivity index (χ4v) is 5.44. The summed E-state index contributed by atoms with van der Waals surface area (Å²) in [6, 6.07) is 53.7. The van der Waals surface area contributed by atoms with Gasteiger partial charge in [0.15, 0.2) is 0 Å². The maximum atomic E-state index is 10.8. The monoisotopic (exact) mass is 488 g/mol. The van der Waals surface area contributed by atoms with Crippen LogP contribution in [0.15, 0.2) is 146 Å². The molecule has 182 valence electrons. The van der Waals surface area contributed by atoms with E-state index in [1.54, 1.807) is 0 Å². The molecule has 5 aromatic rings. The molecule has 0 aliphatic heterocycles. The van der Waals surface area contributed by atoms with Crippen LogP contribution < -0.4 is 0 Å². The van der Waals surface area contributed by atoms with Crippen LogP contribution in [-0.4, -0.2) is 0 Å². The van der Waals surface area contributed by atoms with E-state index < -0.39 is 10.8 Å². The quantitative estimate of drug-likeness (QED) is 0.224. The fourth-order valence-electron chi connectivity index (χ4n) is 5.44. The molecule has 0 radical (unpaired) electrons. The second kappa shape index (κ2) is 11.0. The zero-order valence-corrected chi connectivity index (χ0v) is 21.2. The smallest absolute Gasteiger partial charge is 0.111 e. The van der Waals surface area contributed by atoms with E-state index in [1.807, 2.05) is 133 Å². The highest BCUT2D eigenvalue weighted by atomic mass is 14.4. The molecule has 0 unspecified atom stereocenters. The van der Waals surface area contributed by atoms with E-state index in [1.165, 1.54) is 0 Å². The number of benzene rings is 5. The predicted octanol–water partition coefficient (Wildman–Crippen LogP) is 7.79. The van der Waals surface area contributed by atoms with Crippen LogP contribution in [0.1, 0.15) is 33.4 Å². The van der Waals surface area contributed by atoms with E-state index in [2.05, 4.69) is 24.3 Å². The van der Waals surface area contributed by atoms with Gasteiger partial charge in [-0.2, -0.15) is 10.5 Å². The van der Waals surface area contributed by atoms with Crippen molar-refractivity contribution in [1.29, 1.82) is 10.5 Å². The second-order valence-electron chi connectivity index (χ2n) is 9.62. The molecule has 0 N–H and O–H groups in total. The molecular formula is C36H28N2. The molecule has 0 aliphatic carbocycles. The van der Waals surface area contributed by atoms with Gasteiger partial charge in [0, 0.05) is 0 Å². The van der Waals surface area contributed by atoms with Crippen molar-refractivity contribution in [3.8, 4) is 12.1 Å². The van der Waals surface area contributed by atoms with Crippen molar-refractivity contribution in [2.75, 3.05) is 0 Å². The Bertz CT molecular complexity index is 1360. The highest BCUT2D eigenvalue weighted by molar-refractivity contribution is 5.52. The van der Waals surface area contributed by atoms with E-state index in [4.69, 9.17) is 0 Å². The molecule has 0 saturated carbocycles. The summed E-state index contributed by atoms with van der Waals surface area (Å²) >= 11 is 0. The third kappa shape index (κ3) is 4.61. The largest absolute Gasteiger partial charge is 0.197 e. The summed E-state index contributed by atoms with van der Waals surface area (Å²) in [7, 11) is 0. The minimum atomic E-state index is -0.868. The fraction of sp³-hybridized carbons (Fsp3) is 0.111. The lowest BCUT2D eigenvalue weighted by atomic mass is 9.68. The lowest BCUT2D eigenvalue weighted by molar-refractivity contribution is 0.622. The van der Waals surface area contributed by atoms with Crippen molar-refractivity contribution in [3.63, 3.8) is 0 Å². The van der Waals surface area contributed by atoms with E-state index in [0.29, 0.717) is 12.8 Å². The molecule has 0 aliphatic rings. The van der Waals surface area contributed by atoms with Gasteiger partial charge >= 0.3 is 0 Å². The van der Waals surface area contributed by atoms with Crippen LogP contribution in [0.2, 0.25) is 0 Å². The first-order valence-corrected chi connectivity index (χ1v) is 12.8. The van der Waals surface area contributed by atoms with E-state index in [9.17, 15) is 10.5 Å². The first-order valence-electron chi connectivity index (χ1n) is 12.8. The Balaban J connectivity index is 1.65. The minimum absolute atomic E-state index is 0.499. The lowest BCUT2D eigenvalue weighted by Gasteiger charge is -2.32. The number of rotatable bonds is 8. The first-order chi connectivity index (χ1) is 18.7. The molecule has 0 saturated heterocycles. The number of hydrogen-bond acceptors (Lipinski definition) is 2. The topological polar surface area (TPSA) is 47.6 Å². The Hall–Kier alpha value is -4.92. The molecular weight excluding hydrogens is 460 g/mol. The number of nitrogens with zero attached hydrogens (tertiary/aromatic N) is 2. The van der Waals surface area contributed by atoms with Crippen LogP contribution in [0.5, 0.6) is 0 Å². The van der Waals surface area contributed by atoms with E-state index in [-0.39, 0.29) is 0 Å². The van der Waals surface area contributed by atoms with Gasteiger partial charge in [-0.05, 0) is 46.2 Å². The molecule has 0 atom stereocenters. The molecule has 5 rings (SSSR count). The molecule has 0 fully saturated rings. The van der Waals surface area contributed by atoms with Gasteiger partial charge in [0.2, 0.25) is 0 Å². The second-order valence-corrected chi connectivity index (χ2v) is 9.62. The van der Waals surface area contributed by atoms with Crippen molar-refractivity contribution in [1.82, 2.24) is 0 Å². The standard InChI is InChI=1S/C36H28N2/c37-27-35(31-17-5-1-6-18-31,32-19-7-2-8-20-32)25-29-15-13-14-16-30(29)26-36(28-38,33-21-9-3-10-22-33)34-23-11-4-12-24-34/h1-24H,25-26H2. The Morgan fingerprint density at radius 3 is 0.842 bits per heavy atom. The van der Waals surface area contributed by atoms with Crippen molar-refractivity contribution < 1.29 is 0 Å². The molecule has 0 heterocycles. The Morgan fingerprint density at radius 2 is 0.605 bits per heavy atom. The number of nitriles is 2. The molecule has 2 nitrogen and oxygen atoms in total. The molecule has 38 heavy (non-hydrogen) atoms. The van der Waals surface area contributed by atoms with Crippen molar-refractivity contribution in [2.45, 2.75) is 23.7 Å². The minimum Gasteiger partial charge on any atom is -0.197 e. The van der Waals surface area contributed by atoms with Crippen molar-refractivity contribution in [2.24, 2.45) is 0 Å². The number of hydrogen-bond donors (Lipinski definition) is 0. The summed E-state index contributed by atoms with van der Waals surface area (Å²) < 4.78 is 0. The Kier molecular flexibility index (Phi) is 7.17. The highest BCUT2D eigenvalue weighted by Gasteiger charge is 2.38. The maximum absolute atomic E-state index is 10.8. The normalized spacial score (nSPS) is 11.3. The van der Waals surface area contributed by atoms with Gasteiger partial charge in [0.1, 0.15) is 10.8 Å². The summed E-state index contributed by atoms with van der Waals surface area (Å²) in [4.78, 5) is 0. The van der Waals surface area contributed by atoms with Crippen LogP contribution in [0, 0.1) is 22.7 Å². The molecule has 0 bridgehead atoms. The maximum Gasteiger partial charge on any atom is 0.111 e. The van der Waals surface area contributed by atoms with Gasteiger partial charge < -0.3 is 0 Å². The zero-order valence-electron chi connectivity index (χ0n) is 21.2. The average molecular weight is 489 g/mol. The Labute approximate surface area is 225 Å².